The summed E-state index contributed by atoms with van der Waals surface area (Å²) >= 11 is 0. The van der Waals surface area contributed by atoms with Crippen LogP contribution in [0.25, 0.3) is 0 Å². The van der Waals surface area contributed by atoms with Crippen molar-refractivity contribution in [2.24, 2.45) is 0 Å². The highest BCUT2D eigenvalue weighted by Gasteiger charge is 2.46. The van der Waals surface area contributed by atoms with Crippen LogP contribution in [0.4, 0.5) is 4.79 Å². The minimum absolute atomic E-state index is 0.0212. The molecule has 6 nitrogen and oxygen atoms in total. The Morgan fingerprint density at radius 2 is 1.70 bits per heavy atom. The SMILES string of the molecule is CO[C@H]1C[C@H]2CN(C(=O)NCCc3ccccc3)[C@@H](Cc3ccccc3)C(=O)N2C1. The lowest BCUT2D eigenvalue weighted by Crippen LogP contribution is -2.63. The topological polar surface area (TPSA) is 61.9 Å². The molecule has 3 amide bonds. The number of hydrogen-bond donors (Lipinski definition) is 1. The Hall–Kier alpha value is -2.86. The first-order valence-corrected chi connectivity index (χ1v) is 10.6. The number of amides is 3. The molecule has 0 spiro atoms. The normalized spacial score (nSPS) is 23.4. The Morgan fingerprint density at radius 3 is 2.37 bits per heavy atom. The van der Waals surface area contributed by atoms with Gasteiger partial charge in [0.05, 0.1) is 12.1 Å². The molecule has 158 valence electrons. The lowest BCUT2D eigenvalue weighted by molar-refractivity contribution is -0.141. The molecule has 2 aromatic rings. The summed E-state index contributed by atoms with van der Waals surface area (Å²) in [7, 11) is 1.68. The molecule has 3 atom stereocenters. The Labute approximate surface area is 177 Å². The standard InChI is InChI=1S/C24H29N3O3/c1-30-21-15-20-16-27(24(29)25-13-12-18-8-4-2-5-9-18)22(23(28)26(20)17-21)14-19-10-6-3-7-11-19/h2-11,20-22H,12-17H2,1H3,(H,25,29)/t20-,21-,22-/m0/s1. The van der Waals surface area contributed by atoms with E-state index in [4.69, 9.17) is 4.74 Å². The molecule has 2 aromatic carbocycles. The van der Waals surface area contributed by atoms with E-state index in [1.807, 2.05) is 53.4 Å². The summed E-state index contributed by atoms with van der Waals surface area (Å²) in [5.74, 6) is 0.0212. The average Bonchev–Trinajstić information content (AvgIpc) is 3.21. The van der Waals surface area contributed by atoms with Gasteiger partial charge in [-0.2, -0.15) is 0 Å². The van der Waals surface area contributed by atoms with Gasteiger partial charge < -0.3 is 19.9 Å². The van der Waals surface area contributed by atoms with E-state index in [9.17, 15) is 9.59 Å². The maximum atomic E-state index is 13.3. The number of rotatable bonds is 6. The van der Waals surface area contributed by atoms with Crippen LogP contribution in [0.2, 0.25) is 0 Å². The van der Waals surface area contributed by atoms with E-state index in [0.717, 1.165) is 18.4 Å². The number of piperazine rings is 1. The van der Waals surface area contributed by atoms with Crippen molar-refractivity contribution in [1.82, 2.24) is 15.1 Å². The number of nitrogens with one attached hydrogen (secondary N) is 1. The second kappa shape index (κ2) is 9.30. The van der Waals surface area contributed by atoms with Crippen molar-refractivity contribution >= 4 is 11.9 Å². The highest BCUT2D eigenvalue weighted by atomic mass is 16.5. The van der Waals surface area contributed by atoms with E-state index >= 15 is 0 Å². The average molecular weight is 408 g/mol. The first-order valence-electron chi connectivity index (χ1n) is 10.6. The largest absolute Gasteiger partial charge is 0.380 e. The summed E-state index contributed by atoms with van der Waals surface area (Å²) in [5.41, 5.74) is 2.23. The summed E-state index contributed by atoms with van der Waals surface area (Å²) in [6, 6.07) is 19.3. The molecule has 0 radical (unpaired) electrons. The van der Waals surface area contributed by atoms with E-state index in [1.54, 1.807) is 12.0 Å². The van der Waals surface area contributed by atoms with Crippen molar-refractivity contribution in [3.05, 3.63) is 71.8 Å². The van der Waals surface area contributed by atoms with Crippen LogP contribution in [0, 0.1) is 0 Å². The third-order valence-corrected chi connectivity index (χ3v) is 6.13. The number of hydrogen-bond acceptors (Lipinski definition) is 3. The van der Waals surface area contributed by atoms with Gasteiger partial charge in [-0.15, -0.1) is 0 Å². The fourth-order valence-corrected chi connectivity index (χ4v) is 4.49. The first-order chi connectivity index (χ1) is 14.7. The van der Waals surface area contributed by atoms with Gasteiger partial charge in [-0.1, -0.05) is 60.7 Å². The molecule has 2 aliphatic heterocycles. The van der Waals surface area contributed by atoms with Gasteiger partial charge >= 0.3 is 6.03 Å². The molecule has 2 aliphatic rings. The van der Waals surface area contributed by atoms with Gasteiger partial charge in [-0.25, -0.2) is 4.79 Å². The second-order valence-electron chi connectivity index (χ2n) is 8.06. The molecule has 30 heavy (non-hydrogen) atoms. The second-order valence-corrected chi connectivity index (χ2v) is 8.06. The Bertz CT molecular complexity index is 859. The molecule has 0 bridgehead atoms. The van der Waals surface area contributed by atoms with Crippen LogP contribution in [0.15, 0.2) is 60.7 Å². The molecule has 1 N–H and O–H groups in total. The number of benzene rings is 2. The van der Waals surface area contributed by atoms with Gasteiger partial charge in [-0.3, -0.25) is 4.79 Å². The Morgan fingerprint density at radius 1 is 1.03 bits per heavy atom. The zero-order chi connectivity index (χ0) is 20.9. The third kappa shape index (κ3) is 4.49. The number of methoxy groups -OCH3 is 1. The Kier molecular flexibility index (Phi) is 6.33. The van der Waals surface area contributed by atoms with Crippen LogP contribution in [0.5, 0.6) is 0 Å². The molecule has 2 saturated heterocycles. The quantitative estimate of drug-likeness (QED) is 0.800. The third-order valence-electron chi connectivity index (χ3n) is 6.13. The zero-order valence-corrected chi connectivity index (χ0v) is 17.4. The molecule has 6 heteroatoms. The smallest absolute Gasteiger partial charge is 0.318 e. The molecule has 4 rings (SSSR count). The number of ether oxygens (including phenoxy) is 1. The molecule has 0 aromatic heterocycles. The van der Waals surface area contributed by atoms with Crippen molar-refractivity contribution in [3.63, 3.8) is 0 Å². The van der Waals surface area contributed by atoms with Crippen molar-refractivity contribution in [2.75, 3.05) is 26.7 Å². The fourth-order valence-electron chi connectivity index (χ4n) is 4.49. The van der Waals surface area contributed by atoms with Crippen LogP contribution in [-0.4, -0.2) is 66.7 Å². The molecule has 2 fully saturated rings. The van der Waals surface area contributed by atoms with Crippen LogP contribution < -0.4 is 5.32 Å². The van der Waals surface area contributed by atoms with Crippen LogP contribution in [-0.2, 0) is 22.4 Å². The van der Waals surface area contributed by atoms with Crippen molar-refractivity contribution in [1.29, 1.82) is 0 Å². The fraction of sp³-hybridized carbons (Fsp3) is 0.417. The van der Waals surface area contributed by atoms with Crippen molar-refractivity contribution in [2.45, 2.75) is 37.5 Å². The molecule has 0 aliphatic carbocycles. The first kappa shape index (κ1) is 20.4. The van der Waals surface area contributed by atoms with Gasteiger partial charge in [0.25, 0.3) is 0 Å². The lowest BCUT2D eigenvalue weighted by atomic mass is 9.99. The lowest BCUT2D eigenvalue weighted by Gasteiger charge is -2.42. The minimum Gasteiger partial charge on any atom is -0.380 e. The maximum absolute atomic E-state index is 13.3. The van der Waals surface area contributed by atoms with E-state index in [-0.39, 0.29) is 24.1 Å². The summed E-state index contributed by atoms with van der Waals surface area (Å²) in [6.45, 7) is 1.69. The van der Waals surface area contributed by atoms with Crippen molar-refractivity contribution in [3.8, 4) is 0 Å². The molecule has 2 heterocycles. The molecule has 0 saturated carbocycles. The van der Waals surface area contributed by atoms with Crippen LogP contribution in [0.3, 0.4) is 0 Å². The number of fused-ring (bicyclic) bond motifs is 1. The predicted molar refractivity (Wildman–Crippen MR) is 115 cm³/mol. The monoisotopic (exact) mass is 407 g/mol. The molecular formula is C24H29N3O3. The summed E-state index contributed by atoms with van der Waals surface area (Å²) in [5, 5.41) is 3.03. The van der Waals surface area contributed by atoms with E-state index in [0.29, 0.717) is 26.1 Å². The van der Waals surface area contributed by atoms with Gasteiger partial charge in [0.15, 0.2) is 0 Å². The van der Waals surface area contributed by atoms with Crippen LogP contribution in [0.1, 0.15) is 17.5 Å². The summed E-state index contributed by atoms with van der Waals surface area (Å²) in [4.78, 5) is 30.1. The molecular weight excluding hydrogens is 378 g/mol. The Balaban J connectivity index is 1.47. The summed E-state index contributed by atoms with van der Waals surface area (Å²) < 4.78 is 5.50. The van der Waals surface area contributed by atoms with E-state index < -0.39 is 6.04 Å². The highest BCUT2D eigenvalue weighted by molar-refractivity contribution is 5.89. The molecule has 0 unspecified atom stereocenters. The van der Waals surface area contributed by atoms with Gasteiger partial charge in [0.1, 0.15) is 6.04 Å². The number of carbonyl (C=O) groups excluding carboxylic acids is 2. The van der Waals surface area contributed by atoms with Crippen molar-refractivity contribution < 1.29 is 14.3 Å². The van der Waals surface area contributed by atoms with E-state index in [1.165, 1.54) is 5.56 Å². The van der Waals surface area contributed by atoms with Gasteiger partial charge in [0, 0.05) is 33.2 Å². The van der Waals surface area contributed by atoms with E-state index in [2.05, 4.69) is 17.4 Å². The predicted octanol–water partition coefficient (Wildman–Crippen LogP) is 2.48. The van der Waals surface area contributed by atoms with Gasteiger partial charge in [0.2, 0.25) is 5.91 Å². The maximum Gasteiger partial charge on any atom is 0.318 e. The number of nitrogens with zero attached hydrogens (tertiary/aromatic N) is 2. The number of carbonyl (C=O) groups is 2. The minimum atomic E-state index is -0.490. The summed E-state index contributed by atoms with van der Waals surface area (Å²) in [6.07, 6.45) is 2.09. The van der Waals surface area contributed by atoms with Gasteiger partial charge in [-0.05, 0) is 24.0 Å². The highest BCUT2D eigenvalue weighted by Crippen LogP contribution is 2.29. The number of urea groups is 1. The van der Waals surface area contributed by atoms with Crippen LogP contribution >= 0.6 is 0 Å². The zero-order valence-electron chi connectivity index (χ0n) is 17.4.